The van der Waals surface area contributed by atoms with E-state index in [-0.39, 0.29) is 16.9 Å². The van der Waals surface area contributed by atoms with E-state index < -0.39 is 23.5 Å². The Morgan fingerprint density at radius 2 is 1.78 bits per heavy atom. The molecule has 2 saturated heterocycles. The number of phenolic OH excluding ortho intramolecular Hbond substituents is 1. The standard InChI is InChI=1S/C26H29BrN2O7/c1-34-20-7-4-16(14-21(20)35-2)23-22(24(31)18-15-17(27)5-6-19(18)30)25(32)26(33)29(23)9-3-8-28-10-12-36-13-11-28/h4-7,14-15,23,30-31H,3,8-13H2,1-2H3/t23-/m1/s1. The maximum Gasteiger partial charge on any atom is 0.295 e. The molecule has 2 aromatic rings. The van der Waals surface area contributed by atoms with Crippen molar-refractivity contribution in [2.75, 3.05) is 53.6 Å². The molecule has 0 radical (unpaired) electrons. The van der Waals surface area contributed by atoms with Crippen LogP contribution in [0.3, 0.4) is 0 Å². The summed E-state index contributed by atoms with van der Waals surface area (Å²) >= 11 is 3.33. The Kier molecular flexibility index (Phi) is 8.17. The van der Waals surface area contributed by atoms with Crippen molar-refractivity contribution in [2.45, 2.75) is 12.5 Å². The molecule has 2 N–H and O–H groups in total. The zero-order valence-electron chi connectivity index (χ0n) is 20.2. The minimum atomic E-state index is -0.868. The van der Waals surface area contributed by atoms with Gasteiger partial charge in [0.1, 0.15) is 11.5 Å². The number of carbonyl (C=O) groups is 2. The van der Waals surface area contributed by atoms with Crippen LogP contribution in [0.25, 0.3) is 5.76 Å². The number of aromatic hydroxyl groups is 1. The Bertz CT molecular complexity index is 1180. The number of Topliss-reactive ketones (excluding diaryl/α,β-unsaturated/α-hetero) is 1. The largest absolute Gasteiger partial charge is 0.507 e. The van der Waals surface area contributed by atoms with Crippen LogP contribution in [0.4, 0.5) is 0 Å². The van der Waals surface area contributed by atoms with Crippen molar-refractivity contribution in [1.82, 2.24) is 9.80 Å². The third-order valence-electron chi connectivity index (χ3n) is 6.45. The van der Waals surface area contributed by atoms with Crippen LogP contribution < -0.4 is 9.47 Å². The molecule has 2 aliphatic rings. The minimum Gasteiger partial charge on any atom is -0.507 e. The number of rotatable bonds is 8. The summed E-state index contributed by atoms with van der Waals surface area (Å²) in [6.07, 6.45) is 0.638. The predicted octanol–water partition coefficient (Wildman–Crippen LogP) is 3.32. The van der Waals surface area contributed by atoms with Gasteiger partial charge in [-0.3, -0.25) is 14.5 Å². The highest BCUT2D eigenvalue weighted by molar-refractivity contribution is 9.10. The van der Waals surface area contributed by atoms with E-state index in [1.807, 2.05) is 0 Å². The van der Waals surface area contributed by atoms with Crippen LogP contribution >= 0.6 is 15.9 Å². The first-order valence-corrected chi connectivity index (χ1v) is 12.4. The van der Waals surface area contributed by atoms with E-state index in [1.54, 1.807) is 24.3 Å². The van der Waals surface area contributed by atoms with E-state index in [0.29, 0.717) is 47.7 Å². The number of benzene rings is 2. The molecule has 2 heterocycles. The van der Waals surface area contributed by atoms with Gasteiger partial charge in [0.15, 0.2) is 11.5 Å². The Morgan fingerprint density at radius 1 is 1.06 bits per heavy atom. The van der Waals surface area contributed by atoms with Crippen LogP contribution in [0.2, 0.25) is 0 Å². The average molecular weight is 561 g/mol. The summed E-state index contributed by atoms with van der Waals surface area (Å²) in [6, 6.07) is 8.78. The van der Waals surface area contributed by atoms with Crippen molar-refractivity contribution in [3.05, 3.63) is 57.6 Å². The van der Waals surface area contributed by atoms with Gasteiger partial charge < -0.3 is 29.3 Å². The molecule has 9 nitrogen and oxygen atoms in total. The summed E-state index contributed by atoms with van der Waals surface area (Å²) < 4.78 is 16.8. The Labute approximate surface area is 218 Å². The number of morpholine rings is 1. The van der Waals surface area contributed by atoms with Gasteiger partial charge in [-0.25, -0.2) is 0 Å². The smallest absolute Gasteiger partial charge is 0.295 e. The van der Waals surface area contributed by atoms with Crippen molar-refractivity contribution >= 4 is 33.4 Å². The molecule has 0 spiro atoms. The van der Waals surface area contributed by atoms with Crippen molar-refractivity contribution in [2.24, 2.45) is 0 Å². The molecule has 192 valence electrons. The van der Waals surface area contributed by atoms with Gasteiger partial charge in [0.2, 0.25) is 0 Å². The van der Waals surface area contributed by atoms with Crippen LogP contribution in [-0.4, -0.2) is 85.3 Å². The van der Waals surface area contributed by atoms with E-state index in [1.165, 1.54) is 31.3 Å². The first kappa shape index (κ1) is 26.0. The summed E-state index contributed by atoms with van der Waals surface area (Å²) in [4.78, 5) is 30.2. The topological polar surface area (TPSA) is 109 Å². The number of phenols is 1. The SMILES string of the molecule is COc1ccc([C@@H]2C(=C(O)c3cc(Br)ccc3O)C(=O)C(=O)N2CCCN2CCOCC2)cc1OC. The number of halogens is 1. The van der Waals surface area contributed by atoms with E-state index in [0.717, 1.165) is 19.6 Å². The summed E-state index contributed by atoms with van der Waals surface area (Å²) in [5.74, 6) is -1.23. The second-order valence-electron chi connectivity index (χ2n) is 8.58. The Balaban J connectivity index is 1.75. The molecule has 4 rings (SSSR count). The first-order chi connectivity index (χ1) is 17.3. The highest BCUT2D eigenvalue weighted by atomic mass is 79.9. The fourth-order valence-corrected chi connectivity index (χ4v) is 4.97. The Hall–Kier alpha value is -3.08. The quantitative estimate of drug-likeness (QED) is 0.287. The molecule has 0 saturated carbocycles. The number of hydrogen-bond donors (Lipinski definition) is 2. The number of hydrogen-bond acceptors (Lipinski definition) is 8. The summed E-state index contributed by atoms with van der Waals surface area (Å²) in [7, 11) is 3.02. The van der Waals surface area contributed by atoms with Gasteiger partial charge in [-0.1, -0.05) is 22.0 Å². The average Bonchev–Trinajstić information content (AvgIpc) is 3.15. The number of methoxy groups -OCH3 is 2. The van der Waals surface area contributed by atoms with Crippen LogP contribution in [0.1, 0.15) is 23.6 Å². The zero-order chi connectivity index (χ0) is 25.8. The zero-order valence-corrected chi connectivity index (χ0v) is 21.8. The van der Waals surface area contributed by atoms with Gasteiger partial charge in [-0.05, 0) is 42.3 Å². The molecule has 1 atom stereocenters. The van der Waals surface area contributed by atoms with Crippen LogP contribution in [-0.2, 0) is 14.3 Å². The van der Waals surface area contributed by atoms with Gasteiger partial charge in [0, 0.05) is 30.7 Å². The van der Waals surface area contributed by atoms with Crippen LogP contribution in [0.15, 0.2) is 46.4 Å². The number of aliphatic hydroxyl groups is 1. The van der Waals surface area contributed by atoms with E-state index in [9.17, 15) is 19.8 Å². The highest BCUT2D eigenvalue weighted by Gasteiger charge is 2.46. The van der Waals surface area contributed by atoms with Crippen molar-refractivity contribution in [1.29, 1.82) is 0 Å². The number of ether oxygens (including phenoxy) is 3. The third kappa shape index (κ3) is 5.21. The van der Waals surface area contributed by atoms with Crippen molar-refractivity contribution in [3.8, 4) is 17.2 Å². The number of ketones is 1. The summed E-state index contributed by atoms with van der Waals surface area (Å²) in [5, 5.41) is 21.6. The fourth-order valence-electron chi connectivity index (χ4n) is 4.61. The third-order valence-corrected chi connectivity index (χ3v) is 6.95. The molecule has 2 fully saturated rings. The molecule has 0 aromatic heterocycles. The second-order valence-corrected chi connectivity index (χ2v) is 9.49. The predicted molar refractivity (Wildman–Crippen MR) is 136 cm³/mol. The maximum atomic E-state index is 13.3. The molecule has 1 amide bonds. The maximum absolute atomic E-state index is 13.3. The van der Waals surface area contributed by atoms with E-state index >= 15 is 0 Å². The van der Waals surface area contributed by atoms with Gasteiger partial charge in [0.05, 0.1) is 44.6 Å². The van der Waals surface area contributed by atoms with Gasteiger partial charge in [-0.15, -0.1) is 0 Å². The molecule has 0 bridgehead atoms. The molecule has 36 heavy (non-hydrogen) atoms. The van der Waals surface area contributed by atoms with Crippen molar-refractivity contribution in [3.63, 3.8) is 0 Å². The molecule has 0 aliphatic carbocycles. The van der Waals surface area contributed by atoms with E-state index in [4.69, 9.17) is 14.2 Å². The molecule has 10 heteroatoms. The van der Waals surface area contributed by atoms with Crippen LogP contribution in [0, 0.1) is 0 Å². The van der Waals surface area contributed by atoms with Gasteiger partial charge in [-0.2, -0.15) is 0 Å². The lowest BCUT2D eigenvalue weighted by Crippen LogP contribution is -2.39. The summed E-state index contributed by atoms with van der Waals surface area (Å²) in [5.41, 5.74) is 0.544. The number of nitrogens with zero attached hydrogens (tertiary/aromatic N) is 2. The number of likely N-dealkylation sites (tertiary alicyclic amines) is 1. The first-order valence-electron chi connectivity index (χ1n) is 11.6. The number of amides is 1. The lowest BCUT2D eigenvalue weighted by Gasteiger charge is -2.29. The molecule has 0 unspecified atom stereocenters. The lowest BCUT2D eigenvalue weighted by atomic mass is 9.94. The molecule has 2 aliphatic heterocycles. The minimum absolute atomic E-state index is 0.0566. The summed E-state index contributed by atoms with van der Waals surface area (Å²) in [6.45, 7) is 4.04. The molecule has 2 aromatic carbocycles. The molecular weight excluding hydrogens is 532 g/mol. The number of carbonyl (C=O) groups excluding carboxylic acids is 2. The fraction of sp³-hybridized carbons (Fsp3) is 0.385. The number of aliphatic hydroxyl groups excluding tert-OH is 1. The van der Waals surface area contributed by atoms with Gasteiger partial charge in [0.25, 0.3) is 11.7 Å². The van der Waals surface area contributed by atoms with Gasteiger partial charge >= 0.3 is 0 Å². The van der Waals surface area contributed by atoms with E-state index in [2.05, 4.69) is 20.8 Å². The highest BCUT2D eigenvalue weighted by Crippen LogP contribution is 2.43. The van der Waals surface area contributed by atoms with Crippen molar-refractivity contribution < 1.29 is 34.0 Å². The Morgan fingerprint density at radius 3 is 2.47 bits per heavy atom. The lowest BCUT2D eigenvalue weighted by molar-refractivity contribution is -0.140. The monoisotopic (exact) mass is 560 g/mol. The normalized spacial score (nSPS) is 20.1. The second kappa shape index (κ2) is 11.3. The van der Waals surface area contributed by atoms with Crippen LogP contribution in [0.5, 0.6) is 17.2 Å². The molecular formula is C26H29BrN2O7.